The van der Waals surface area contributed by atoms with Gasteiger partial charge in [-0.3, -0.25) is 5.84 Å². The average Bonchev–Trinajstić information content (AvgIpc) is 2.66. The van der Waals surface area contributed by atoms with E-state index in [0.717, 1.165) is 14.2 Å². The summed E-state index contributed by atoms with van der Waals surface area (Å²) in [7, 11) is 0. The van der Waals surface area contributed by atoms with Gasteiger partial charge in [0.1, 0.15) is 0 Å². The quantitative estimate of drug-likeness (QED) is 0.669. The highest BCUT2D eigenvalue weighted by Crippen LogP contribution is 2.31. The van der Waals surface area contributed by atoms with Crippen molar-refractivity contribution in [2.75, 3.05) is 0 Å². The minimum atomic E-state index is -0.0185. The molecule has 1 aromatic heterocycles. The highest BCUT2D eigenvalue weighted by molar-refractivity contribution is 9.11. The van der Waals surface area contributed by atoms with Crippen LogP contribution in [0.25, 0.3) is 0 Å². The Balaban J connectivity index is 2.36. The highest BCUT2D eigenvalue weighted by Gasteiger charge is 2.14. The van der Waals surface area contributed by atoms with Gasteiger partial charge in [0.2, 0.25) is 0 Å². The topological polar surface area (TPSA) is 38.0 Å². The Hall–Kier alpha value is -0.390. The molecule has 0 aliphatic rings. The molecule has 0 radical (unpaired) electrons. The lowest BCUT2D eigenvalue weighted by Gasteiger charge is -2.14. The summed E-state index contributed by atoms with van der Waals surface area (Å²) in [5.74, 6) is 5.59. The van der Waals surface area contributed by atoms with Crippen LogP contribution in [-0.4, -0.2) is 0 Å². The van der Waals surface area contributed by atoms with Gasteiger partial charge in [-0.25, -0.2) is 5.43 Å². The first kappa shape index (κ1) is 12.1. The first-order chi connectivity index (χ1) is 7.70. The maximum atomic E-state index is 5.96. The normalized spacial score (nSPS) is 12.7. The number of nitrogens with two attached hydrogens (primary N) is 1. The Morgan fingerprint density at radius 3 is 2.69 bits per heavy atom. The van der Waals surface area contributed by atoms with E-state index in [9.17, 15) is 0 Å². The monoisotopic (exact) mass is 316 g/mol. The van der Waals surface area contributed by atoms with E-state index in [-0.39, 0.29) is 6.04 Å². The number of benzene rings is 1. The molecule has 16 heavy (non-hydrogen) atoms. The molecule has 0 aliphatic carbocycles. The number of halogens is 2. The maximum absolute atomic E-state index is 5.96. The number of rotatable bonds is 3. The van der Waals surface area contributed by atoms with Crippen LogP contribution in [0, 0.1) is 0 Å². The number of hydrogen-bond donors (Lipinski definition) is 2. The Morgan fingerprint density at radius 1 is 1.31 bits per heavy atom. The second-order valence-corrected chi connectivity index (χ2v) is 6.23. The van der Waals surface area contributed by atoms with Gasteiger partial charge in [0.25, 0.3) is 0 Å². The van der Waals surface area contributed by atoms with Gasteiger partial charge in [-0.1, -0.05) is 23.7 Å². The summed E-state index contributed by atoms with van der Waals surface area (Å²) in [6, 6.07) is 11.7. The predicted octanol–water partition coefficient (Wildman–Crippen LogP) is 3.72. The van der Waals surface area contributed by atoms with Crippen molar-refractivity contribution in [3.05, 3.63) is 55.6 Å². The van der Waals surface area contributed by atoms with Crippen LogP contribution in [0.3, 0.4) is 0 Å². The van der Waals surface area contributed by atoms with E-state index < -0.39 is 0 Å². The van der Waals surface area contributed by atoms with Gasteiger partial charge in [0.05, 0.1) is 9.83 Å². The fourth-order valence-corrected chi connectivity index (χ4v) is 3.22. The third-order valence-corrected chi connectivity index (χ3v) is 4.15. The summed E-state index contributed by atoms with van der Waals surface area (Å²) in [4.78, 5) is 1.15. The lowest BCUT2D eigenvalue weighted by atomic mass is 10.1. The summed E-state index contributed by atoms with van der Waals surface area (Å²) >= 11 is 11.1. The molecule has 0 saturated heterocycles. The molecule has 84 valence electrons. The third-order valence-electron chi connectivity index (χ3n) is 2.23. The molecule has 5 heteroatoms. The molecule has 2 aromatic rings. The van der Waals surface area contributed by atoms with E-state index in [1.807, 2.05) is 36.4 Å². The summed E-state index contributed by atoms with van der Waals surface area (Å²) < 4.78 is 1.09. The smallest absolute Gasteiger partial charge is 0.0803 e. The van der Waals surface area contributed by atoms with Crippen molar-refractivity contribution in [2.45, 2.75) is 6.04 Å². The minimum Gasteiger partial charge on any atom is -0.271 e. The summed E-state index contributed by atoms with van der Waals surface area (Å²) in [5, 5.41) is 0.716. The van der Waals surface area contributed by atoms with E-state index in [1.54, 1.807) is 11.3 Å². The van der Waals surface area contributed by atoms with Crippen LogP contribution in [-0.2, 0) is 0 Å². The molecule has 2 nitrogen and oxygen atoms in total. The van der Waals surface area contributed by atoms with Crippen molar-refractivity contribution in [3.63, 3.8) is 0 Å². The van der Waals surface area contributed by atoms with Crippen LogP contribution in [0.4, 0.5) is 0 Å². The van der Waals surface area contributed by atoms with Gasteiger partial charge in [-0.2, -0.15) is 0 Å². The van der Waals surface area contributed by atoms with Crippen molar-refractivity contribution < 1.29 is 0 Å². The fourth-order valence-electron chi connectivity index (χ4n) is 1.51. The van der Waals surface area contributed by atoms with Gasteiger partial charge in [0.15, 0.2) is 0 Å². The van der Waals surface area contributed by atoms with Crippen LogP contribution in [0.15, 0.2) is 40.2 Å². The lowest BCUT2D eigenvalue weighted by Crippen LogP contribution is -2.28. The van der Waals surface area contributed by atoms with Gasteiger partial charge < -0.3 is 0 Å². The zero-order valence-corrected chi connectivity index (χ0v) is 11.4. The Kier molecular flexibility index (Phi) is 4.00. The predicted molar refractivity (Wildman–Crippen MR) is 72.6 cm³/mol. The largest absolute Gasteiger partial charge is 0.271 e. The molecular weight excluding hydrogens is 308 g/mol. The molecule has 3 N–H and O–H groups in total. The molecule has 1 unspecified atom stereocenters. The zero-order chi connectivity index (χ0) is 11.5. The summed E-state index contributed by atoms with van der Waals surface area (Å²) in [5.41, 5.74) is 3.87. The highest BCUT2D eigenvalue weighted by atomic mass is 79.9. The van der Waals surface area contributed by atoms with E-state index in [4.69, 9.17) is 17.4 Å². The van der Waals surface area contributed by atoms with Gasteiger partial charge in [-0.15, -0.1) is 11.3 Å². The number of nitrogens with one attached hydrogen (secondary N) is 1. The molecule has 0 amide bonds. The van der Waals surface area contributed by atoms with Gasteiger partial charge in [0, 0.05) is 9.90 Å². The minimum absolute atomic E-state index is 0.0185. The van der Waals surface area contributed by atoms with Crippen molar-refractivity contribution in [1.82, 2.24) is 5.43 Å². The van der Waals surface area contributed by atoms with Crippen LogP contribution in [0.5, 0.6) is 0 Å². The fraction of sp³-hybridized carbons (Fsp3) is 0.0909. The van der Waals surface area contributed by atoms with Crippen LogP contribution in [0.2, 0.25) is 5.02 Å². The molecular formula is C11H10BrClN2S. The molecule has 1 aromatic carbocycles. The lowest BCUT2D eigenvalue weighted by molar-refractivity contribution is 0.646. The van der Waals surface area contributed by atoms with E-state index in [1.165, 1.54) is 0 Å². The molecule has 0 saturated carbocycles. The van der Waals surface area contributed by atoms with Gasteiger partial charge >= 0.3 is 0 Å². The second-order valence-electron chi connectivity index (χ2n) is 3.30. The molecule has 0 aliphatic heterocycles. The molecule has 2 rings (SSSR count). The first-order valence-electron chi connectivity index (χ1n) is 4.67. The molecule has 0 spiro atoms. The van der Waals surface area contributed by atoms with Crippen molar-refractivity contribution in [3.8, 4) is 0 Å². The standard InChI is InChI=1S/C11H10BrClN2S/c12-10-5-4-9(16-10)11(15-14)7-2-1-3-8(13)6-7/h1-6,11,15H,14H2. The SMILES string of the molecule is NNC(c1cccc(Cl)c1)c1ccc(Br)s1. The van der Waals surface area contributed by atoms with Crippen LogP contribution in [0.1, 0.15) is 16.5 Å². The molecule has 0 fully saturated rings. The molecule has 1 heterocycles. The summed E-state index contributed by atoms with van der Waals surface area (Å²) in [6.45, 7) is 0. The zero-order valence-electron chi connectivity index (χ0n) is 8.28. The Bertz CT molecular complexity index is 486. The van der Waals surface area contributed by atoms with Crippen molar-refractivity contribution in [1.29, 1.82) is 0 Å². The van der Waals surface area contributed by atoms with E-state index in [0.29, 0.717) is 5.02 Å². The number of hydrogen-bond acceptors (Lipinski definition) is 3. The van der Waals surface area contributed by atoms with E-state index >= 15 is 0 Å². The molecule has 0 bridgehead atoms. The third kappa shape index (κ3) is 2.64. The maximum Gasteiger partial charge on any atom is 0.0803 e. The first-order valence-corrected chi connectivity index (χ1v) is 6.66. The van der Waals surface area contributed by atoms with E-state index in [2.05, 4.69) is 21.4 Å². The van der Waals surface area contributed by atoms with Crippen LogP contribution >= 0.6 is 38.9 Å². The second kappa shape index (κ2) is 5.29. The summed E-state index contributed by atoms with van der Waals surface area (Å²) in [6.07, 6.45) is 0. The number of thiophene rings is 1. The average molecular weight is 318 g/mol. The van der Waals surface area contributed by atoms with Gasteiger partial charge in [-0.05, 0) is 45.8 Å². The Morgan fingerprint density at radius 2 is 2.12 bits per heavy atom. The van der Waals surface area contributed by atoms with Crippen molar-refractivity contribution >= 4 is 38.9 Å². The molecule has 1 atom stereocenters. The van der Waals surface area contributed by atoms with Crippen LogP contribution < -0.4 is 11.3 Å². The number of hydrazine groups is 1. The van der Waals surface area contributed by atoms with Crippen molar-refractivity contribution in [2.24, 2.45) is 5.84 Å². The Labute approximate surface area is 112 Å².